The van der Waals surface area contributed by atoms with Gasteiger partial charge >= 0.3 is 0 Å². The maximum absolute atomic E-state index is 9.41. The number of aliphatic hydroxyl groups excluding tert-OH is 2. The Morgan fingerprint density at radius 1 is 1.16 bits per heavy atom. The van der Waals surface area contributed by atoms with E-state index in [4.69, 9.17) is 14.6 Å². The molecular weight excluding hydrogens is 246 g/mol. The van der Waals surface area contributed by atoms with Crippen LogP contribution in [-0.2, 0) is 0 Å². The lowest BCUT2D eigenvalue weighted by atomic mass is 10.1. The Morgan fingerprint density at radius 3 is 2.26 bits per heavy atom. The van der Waals surface area contributed by atoms with Gasteiger partial charge in [0.05, 0.1) is 32.6 Å². The predicted molar refractivity (Wildman–Crippen MR) is 75.3 cm³/mol. The summed E-state index contributed by atoms with van der Waals surface area (Å²) in [5.41, 5.74) is 1.82. The van der Waals surface area contributed by atoms with E-state index in [9.17, 15) is 5.11 Å². The van der Waals surface area contributed by atoms with Crippen molar-refractivity contribution in [3.63, 3.8) is 0 Å². The van der Waals surface area contributed by atoms with Gasteiger partial charge in [-0.3, -0.25) is 0 Å². The highest BCUT2D eigenvalue weighted by Gasteiger charge is 2.19. The third-order valence-corrected chi connectivity index (χ3v) is 3.30. The first-order valence-corrected chi connectivity index (χ1v) is 6.26. The summed E-state index contributed by atoms with van der Waals surface area (Å²) < 4.78 is 10.7. The number of rotatable bonds is 7. The number of nitrogens with zero attached hydrogens (tertiary/aromatic N) is 1. The molecule has 0 heterocycles. The van der Waals surface area contributed by atoms with E-state index < -0.39 is 0 Å². The zero-order chi connectivity index (χ0) is 14.4. The van der Waals surface area contributed by atoms with Crippen molar-refractivity contribution in [2.45, 2.75) is 19.4 Å². The molecule has 0 bridgehead atoms. The van der Waals surface area contributed by atoms with Gasteiger partial charge in [0.15, 0.2) is 0 Å². The number of aryl methyl sites for hydroxylation is 1. The van der Waals surface area contributed by atoms with Crippen LogP contribution in [0.2, 0.25) is 0 Å². The molecule has 1 rings (SSSR count). The third kappa shape index (κ3) is 3.52. The van der Waals surface area contributed by atoms with E-state index in [-0.39, 0.29) is 19.3 Å². The zero-order valence-electron chi connectivity index (χ0n) is 12.0. The quantitative estimate of drug-likeness (QED) is 0.778. The summed E-state index contributed by atoms with van der Waals surface area (Å²) in [5, 5.41) is 18.4. The van der Waals surface area contributed by atoms with Crippen molar-refractivity contribution in [2.75, 3.05) is 39.4 Å². The molecule has 0 saturated heterocycles. The number of methoxy groups -OCH3 is 2. The second kappa shape index (κ2) is 7.21. The normalized spacial score (nSPS) is 12.1. The molecule has 0 amide bonds. The highest BCUT2D eigenvalue weighted by Crippen LogP contribution is 2.35. The van der Waals surface area contributed by atoms with Gasteiger partial charge in [-0.05, 0) is 25.0 Å². The van der Waals surface area contributed by atoms with Gasteiger partial charge in [0.2, 0.25) is 0 Å². The van der Waals surface area contributed by atoms with E-state index in [1.807, 2.05) is 31.0 Å². The first-order valence-electron chi connectivity index (χ1n) is 6.26. The number of aliphatic hydroxyl groups is 2. The number of hydrogen-bond acceptors (Lipinski definition) is 5. The molecule has 0 aromatic heterocycles. The maximum Gasteiger partial charge on any atom is 0.142 e. The molecule has 2 N–H and O–H groups in total. The van der Waals surface area contributed by atoms with Gasteiger partial charge < -0.3 is 24.6 Å². The molecule has 1 aromatic rings. The lowest BCUT2D eigenvalue weighted by Gasteiger charge is -2.30. The molecular formula is C14H23NO4. The van der Waals surface area contributed by atoms with Crippen LogP contribution in [-0.4, -0.2) is 50.7 Å². The van der Waals surface area contributed by atoms with Gasteiger partial charge in [-0.2, -0.15) is 0 Å². The standard InChI is InChI=1S/C14H23NO4/c1-10-7-14(19-4)12(8-13(10)18-3)15(2)11(9-17)5-6-16/h7-8,11,16-17H,5-6,9H2,1-4H3. The van der Waals surface area contributed by atoms with Crippen molar-refractivity contribution in [1.29, 1.82) is 0 Å². The van der Waals surface area contributed by atoms with E-state index in [1.54, 1.807) is 14.2 Å². The SMILES string of the molecule is COc1cc(N(C)C(CO)CCO)c(OC)cc1C. The van der Waals surface area contributed by atoms with Crippen molar-refractivity contribution in [3.05, 3.63) is 17.7 Å². The van der Waals surface area contributed by atoms with Gasteiger partial charge in [-0.1, -0.05) is 0 Å². The molecule has 0 saturated carbocycles. The minimum atomic E-state index is -0.161. The summed E-state index contributed by atoms with van der Waals surface area (Å²) in [6, 6.07) is 3.62. The summed E-state index contributed by atoms with van der Waals surface area (Å²) in [4.78, 5) is 1.90. The molecule has 1 unspecified atom stereocenters. The van der Waals surface area contributed by atoms with Crippen LogP contribution in [0.5, 0.6) is 11.5 Å². The molecule has 0 aliphatic heterocycles. The van der Waals surface area contributed by atoms with Gasteiger partial charge in [-0.15, -0.1) is 0 Å². The van der Waals surface area contributed by atoms with E-state index in [0.29, 0.717) is 6.42 Å². The molecule has 5 nitrogen and oxygen atoms in total. The Labute approximate surface area is 114 Å². The molecule has 0 spiro atoms. The molecule has 19 heavy (non-hydrogen) atoms. The molecule has 0 radical (unpaired) electrons. The Kier molecular flexibility index (Phi) is 5.92. The van der Waals surface area contributed by atoms with E-state index in [1.165, 1.54) is 0 Å². The van der Waals surface area contributed by atoms with E-state index in [2.05, 4.69) is 0 Å². The van der Waals surface area contributed by atoms with Crippen LogP contribution in [0.3, 0.4) is 0 Å². The fourth-order valence-corrected chi connectivity index (χ4v) is 2.06. The summed E-state index contributed by atoms with van der Waals surface area (Å²) in [7, 11) is 5.09. The zero-order valence-corrected chi connectivity index (χ0v) is 12.0. The monoisotopic (exact) mass is 269 g/mol. The predicted octanol–water partition coefficient (Wildman–Crippen LogP) is 1.19. The van der Waals surface area contributed by atoms with Crippen LogP contribution in [0.25, 0.3) is 0 Å². The Hall–Kier alpha value is -1.46. The second-order valence-corrected chi connectivity index (χ2v) is 4.45. The largest absolute Gasteiger partial charge is 0.496 e. The molecule has 0 aliphatic carbocycles. The third-order valence-electron chi connectivity index (χ3n) is 3.30. The van der Waals surface area contributed by atoms with Crippen LogP contribution < -0.4 is 14.4 Å². The van der Waals surface area contributed by atoms with Crippen LogP contribution in [0.15, 0.2) is 12.1 Å². The lowest BCUT2D eigenvalue weighted by molar-refractivity contribution is 0.217. The van der Waals surface area contributed by atoms with Crippen LogP contribution >= 0.6 is 0 Å². The molecule has 108 valence electrons. The van der Waals surface area contributed by atoms with E-state index in [0.717, 1.165) is 22.7 Å². The van der Waals surface area contributed by atoms with Gasteiger partial charge in [0, 0.05) is 19.7 Å². The number of hydrogen-bond donors (Lipinski definition) is 2. The summed E-state index contributed by atoms with van der Waals surface area (Å²) in [6.45, 7) is 1.94. The van der Waals surface area contributed by atoms with Crippen molar-refractivity contribution >= 4 is 5.69 Å². The average molecular weight is 269 g/mol. The highest BCUT2D eigenvalue weighted by molar-refractivity contribution is 5.64. The topological polar surface area (TPSA) is 62.2 Å². The fraction of sp³-hybridized carbons (Fsp3) is 0.571. The van der Waals surface area contributed by atoms with Gasteiger partial charge in [-0.25, -0.2) is 0 Å². The lowest BCUT2D eigenvalue weighted by Crippen LogP contribution is -2.35. The average Bonchev–Trinajstić information content (AvgIpc) is 2.43. The van der Waals surface area contributed by atoms with Crippen LogP contribution in [0.1, 0.15) is 12.0 Å². The molecule has 5 heteroatoms. The van der Waals surface area contributed by atoms with Crippen molar-refractivity contribution < 1.29 is 19.7 Å². The number of benzene rings is 1. The van der Waals surface area contributed by atoms with Crippen molar-refractivity contribution in [1.82, 2.24) is 0 Å². The number of likely N-dealkylation sites (N-methyl/N-ethyl adjacent to an activating group) is 1. The summed E-state index contributed by atoms with van der Waals surface area (Å²) in [6.07, 6.45) is 0.492. The Balaban J connectivity index is 3.15. The molecule has 0 fully saturated rings. The van der Waals surface area contributed by atoms with Crippen molar-refractivity contribution in [2.24, 2.45) is 0 Å². The minimum Gasteiger partial charge on any atom is -0.496 e. The van der Waals surface area contributed by atoms with Crippen LogP contribution in [0, 0.1) is 6.92 Å². The minimum absolute atomic E-state index is 0.0286. The van der Waals surface area contributed by atoms with Gasteiger partial charge in [0.1, 0.15) is 11.5 Å². The summed E-state index contributed by atoms with van der Waals surface area (Å²) in [5.74, 6) is 1.49. The Bertz CT molecular complexity index is 409. The van der Waals surface area contributed by atoms with Crippen molar-refractivity contribution in [3.8, 4) is 11.5 Å². The highest BCUT2D eigenvalue weighted by atomic mass is 16.5. The molecule has 0 aliphatic rings. The van der Waals surface area contributed by atoms with E-state index >= 15 is 0 Å². The van der Waals surface area contributed by atoms with Crippen LogP contribution in [0.4, 0.5) is 5.69 Å². The molecule has 1 atom stereocenters. The Morgan fingerprint density at radius 2 is 1.79 bits per heavy atom. The number of anilines is 1. The first-order chi connectivity index (χ1) is 9.08. The summed E-state index contributed by atoms with van der Waals surface area (Å²) >= 11 is 0. The smallest absolute Gasteiger partial charge is 0.142 e. The maximum atomic E-state index is 9.41. The molecule has 1 aromatic carbocycles. The first kappa shape index (κ1) is 15.6. The fourth-order valence-electron chi connectivity index (χ4n) is 2.06. The number of ether oxygens (including phenoxy) is 2. The second-order valence-electron chi connectivity index (χ2n) is 4.45. The van der Waals surface area contributed by atoms with Gasteiger partial charge in [0.25, 0.3) is 0 Å².